The van der Waals surface area contributed by atoms with Crippen molar-refractivity contribution in [1.82, 2.24) is 0 Å². The van der Waals surface area contributed by atoms with Gasteiger partial charge in [0.05, 0.1) is 19.3 Å². The molecule has 0 radical (unpaired) electrons. The standard InChI is InChI=1S/C22H28N2O3S2/c1-4-27-21(25)19-16-9-7-5-6-8-10-18(16)29-20(19)24-22(28)23-17-12-11-15(26-3)13-14(17)2/h11-13H,4-10H2,1-3H3,(H2,23,24,28). The smallest absolute Gasteiger partial charge is 0.341 e. The number of aryl methyl sites for hydroxylation is 2. The number of carbonyl (C=O) groups excluding carboxylic acids is 1. The molecule has 2 aromatic rings. The molecule has 156 valence electrons. The lowest BCUT2D eigenvalue weighted by Gasteiger charge is -2.14. The maximum Gasteiger partial charge on any atom is 0.341 e. The minimum absolute atomic E-state index is 0.267. The number of methoxy groups -OCH3 is 1. The Balaban J connectivity index is 1.84. The van der Waals surface area contributed by atoms with E-state index < -0.39 is 0 Å². The zero-order valence-corrected chi connectivity index (χ0v) is 18.9. The number of esters is 1. The Kier molecular flexibility index (Phi) is 7.50. The minimum atomic E-state index is -0.267. The van der Waals surface area contributed by atoms with E-state index in [1.165, 1.54) is 17.7 Å². The Morgan fingerprint density at radius 3 is 2.62 bits per heavy atom. The Bertz CT molecular complexity index is 892. The summed E-state index contributed by atoms with van der Waals surface area (Å²) in [7, 11) is 1.65. The fraction of sp³-hybridized carbons (Fsp3) is 0.455. The summed E-state index contributed by atoms with van der Waals surface area (Å²) in [6.45, 7) is 4.19. The molecule has 0 unspecified atom stereocenters. The second-order valence-corrected chi connectivity index (χ2v) is 8.62. The van der Waals surface area contributed by atoms with Crippen LogP contribution in [0, 0.1) is 6.92 Å². The van der Waals surface area contributed by atoms with Crippen molar-refractivity contribution in [3.8, 4) is 5.75 Å². The maximum absolute atomic E-state index is 12.7. The first kappa shape index (κ1) is 21.6. The van der Waals surface area contributed by atoms with Crippen LogP contribution in [0.4, 0.5) is 10.7 Å². The van der Waals surface area contributed by atoms with Crippen molar-refractivity contribution in [2.45, 2.75) is 52.4 Å². The summed E-state index contributed by atoms with van der Waals surface area (Å²) in [6.07, 6.45) is 6.63. The summed E-state index contributed by atoms with van der Waals surface area (Å²) in [6, 6.07) is 5.77. The maximum atomic E-state index is 12.7. The third-order valence-corrected chi connectivity index (χ3v) is 6.47. The Morgan fingerprint density at radius 2 is 1.93 bits per heavy atom. The van der Waals surface area contributed by atoms with Gasteiger partial charge in [0, 0.05) is 10.6 Å². The summed E-state index contributed by atoms with van der Waals surface area (Å²) in [5.41, 5.74) is 3.72. The number of ether oxygens (including phenoxy) is 2. The highest BCUT2D eigenvalue weighted by Crippen LogP contribution is 2.37. The number of fused-ring (bicyclic) bond motifs is 1. The van der Waals surface area contributed by atoms with Gasteiger partial charge in [-0.2, -0.15) is 0 Å². The highest BCUT2D eigenvalue weighted by molar-refractivity contribution is 7.80. The lowest BCUT2D eigenvalue weighted by molar-refractivity contribution is 0.0526. The van der Waals surface area contributed by atoms with Crippen LogP contribution in [-0.2, 0) is 17.6 Å². The molecule has 1 aliphatic rings. The molecule has 0 atom stereocenters. The largest absolute Gasteiger partial charge is 0.497 e. The first-order chi connectivity index (χ1) is 14.0. The van der Waals surface area contributed by atoms with E-state index in [0.29, 0.717) is 17.3 Å². The lowest BCUT2D eigenvalue weighted by atomic mass is 9.96. The molecule has 1 heterocycles. The molecule has 5 nitrogen and oxygen atoms in total. The molecule has 1 aliphatic carbocycles. The van der Waals surface area contributed by atoms with E-state index in [-0.39, 0.29) is 5.97 Å². The molecule has 0 bridgehead atoms. The molecular formula is C22H28N2O3S2. The predicted octanol–water partition coefficient (Wildman–Crippen LogP) is 5.71. The van der Waals surface area contributed by atoms with Crippen LogP contribution in [0.3, 0.4) is 0 Å². The number of rotatable bonds is 5. The third kappa shape index (κ3) is 5.28. The van der Waals surface area contributed by atoms with Crippen molar-refractivity contribution in [3.05, 3.63) is 39.8 Å². The van der Waals surface area contributed by atoms with Crippen molar-refractivity contribution in [1.29, 1.82) is 0 Å². The molecule has 1 aromatic carbocycles. The van der Waals surface area contributed by atoms with E-state index in [4.69, 9.17) is 21.7 Å². The summed E-state index contributed by atoms with van der Waals surface area (Å²) in [5.74, 6) is 0.533. The lowest BCUT2D eigenvalue weighted by Crippen LogP contribution is -2.21. The monoisotopic (exact) mass is 432 g/mol. The molecule has 29 heavy (non-hydrogen) atoms. The van der Waals surface area contributed by atoms with Gasteiger partial charge in [-0.05, 0) is 81.1 Å². The van der Waals surface area contributed by atoms with Crippen molar-refractivity contribution >= 4 is 45.3 Å². The van der Waals surface area contributed by atoms with E-state index in [9.17, 15) is 4.79 Å². The second-order valence-electron chi connectivity index (χ2n) is 7.10. The zero-order chi connectivity index (χ0) is 20.8. The van der Waals surface area contributed by atoms with E-state index in [0.717, 1.165) is 53.2 Å². The number of hydrogen-bond acceptors (Lipinski definition) is 5. The normalized spacial score (nSPS) is 13.6. The number of thiophene rings is 1. The molecule has 0 aliphatic heterocycles. The topological polar surface area (TPSA) is 59.6 Å². The summed E-state index contributed by atoms with van der Waals surface area (Å²) in [5, 5.41) is 7.72. The molecule has 7 heteroatoms. The summed E-state index contributed by atoms with van der Waals surface area (Å²) < 4.78 is 10.6. The van der Waals surface area contributed by atoms with Crippen molar-refractivity contribution in [2.24, 2.45) is 0 Å². The molecule has 0 fully saturated rings. The Hall–Kier alpha value is -2.12. The van der Waals surface area contributed by atoms with Crippen LogP contribution in [0.5, 0.6) is 5.75 Å². The molecule has 2 N–H and O–H groups in total. The molecule has 0 amide bonds. The number of thiocarbonyl (C=S) groups is 1. The van der Waals surface area contributed by atoms with Crippen molar-refractivity contribution < 1.29 is 14.3 Å². The van der Waals surface area contributed by atoms with E-state index in [1.54, 1.807) is 18.4 Å². The zero-order valence-electron chi connectivity index (χ0n) is 17.2. The third-order valence-electron chi connectivity index (χ3n) is 5.06. The van der Waals surface area contributed by atoms with Crippen LogP contribution in [0.15, 0.2) is 18.2 Å². The van der Waals surface area contributed by atoms with Crippen molar-refractivity contribution in [2.75, 3.05) is 24.4 Å². The van der Waals surface area contributed by atoms with Gasteiger partial charge in [-0.1, -0.05) is 12.8 Å². The van der Waals surface area contributed by atoms with Crippen molar-refractivity contribution in [3.63, 3.8) is 0 Å². The number of hydrogen-bond donors (Lipinski definition) is 2. The first-order valence-corrected chi connectivity index (χ1v) is 11.3. The number of anilines is 2. The highest BCUT2D eigenvalue weighted by Gasteiger charge is 2.25. The van der Waals surface area contributed by atoms with Crippen LogP contribution in [-0.4, -0.2) is 24.8 Å². The predicted molar refractivity (Wildman–Crippen MR) is 124 cm³/mol. The quantitative estimate of drug-likeness (QED) is 0.466. The van der Waals surface area contributed by atoms with Crippen LogP contribution in [0.2, 0.25) is 0 Å². The van der Waals surface area contributed by atoms with Gasteiger partial charge in [0.15, 0.2) is 5.11 Å². The molecule has 0 spiro atoms. The Labute approximate surface area is 181 Å². The average molecular weight is 433 g/mol. The first-order valence-electron chi connectivity index (χ1n) is 10.1. The fourth-order valence-corrected chi connectivity index (χ4v) is 5.15. The Morgan fingerprint density at radius 1 is 1.17 bits per heavy atom. The fourth-order valence-electron chi connectivity index (χ4n) is 3.59. The summed E-state index contributed by atoms with van der Waals surface area (Å²) in [4.78, 5) is 14.0. The molecular weight excluding hydrogens is 404 g/mol. The second kappa shape index (κ2) is 10.1. The van der Waals surface area contributed by atoms with Gasteiger partial charge in [0.25, 0.3) is 0 Å². The minimum Gasteiger partial charge on any atom is -0.497 e. The molecule has 0 saturated carbocycles. The summed E-state index contributed by atoms with van der Waals surface area (Å²) >= 11 is 7.17. The van der Waals surface area contributed by atoms with E-state index in [2.05, 4.69) is 10.6 Å². The van der Waals surface area contributed by atoms with Gasteiger partial charge < -0.3 is 20.1 Å². The van der Waals surface area contributed by atoms with Gasteiger partial charge in [-0.25, -0.2) is 4.79 Å². The number of benzene rings is 1. The van der Waals surface area contributed by atoms with Gasteiger partial charge in [-0.3, -0.25) is 0 Å². The van der Waals surface area contributed by atoms with E-state index >= 15 is 0 Å². The number of carbonyl (C=O) groups is 1. The van der Waals surface area contributed by atoms with Gasteiger partial charge in [0.1, 0.15) is 10.8 Å². The molecule has 0 saturated heterocycles. The SMILES string of the molecule is CCOC(=O)c1c(NC(=S)Nc2ccc(OC)cc2C)sc2c1CCCCCC2. The van der Waals surface area contributed by atoms with Gasteiger partial charge in [-0.15, -0.1) is 11.3 Å². The van der Waals surface area contributed by atoms with Gasteiger partial charge >= 0.3 is 5.97 Å². The van der Waals surface area contributed by atoms with Crippen LogP contribution in [0.1, 0.15) is 59.0 Å². The number of nitrogens with one attached hydrogen (secondary N) is 2. The van der Waals surface area contributed by atoms with E-state index in [1.807, 2.05) is 32.0 Å². The highest BCUT2D eigenvalue weighted by atomic mass is 32.1. The molecule has 1 aromatic heterocycles. The van der Waals surface area contributed by atoms with Crippen LogP contribution >= 0.6 is 23.6 Å². The molecule has 3 rings (SSSR count). The van der Waals surface area contributed by atoms with Gasteiger partial charge in [0.2, 0.25) is 0 Å². The van der Waals surface area contributed by atoms with Crippen LogP contribution < -0.4 is 15.4 Å². The van der Waals surface area contributed by atoms with Crippen LogP contribution in [0.25, 0.3) is 0 Å². The average Bonchev–Trinajstić information content (AvgIpc) is 2.99.